The molecule has 0 spiro atoms. The lowest BCUT2D eigenvalue weighted by molar-refractivity contribution is -0.133. The van der Waals surface area contributed by atoms with Gasteiger partial charge in [-0.15, -0.1) is 0 Å². The topological polar surface area (TPSA) is 48.5 Å². The monoisotopic (exact) mass is 328 g/mol. The van der Waals surface area contributed by atoms with E-state index < -0.39 is 0 Å². The normalized spacial score (nSPS) is 22.7. The van der Waals surface area contributed by atoms with Gasteiger partial charge in [-0.25, -0.2) is 4.98 Å². The predicted octanol–water partition coefficient (Wildman–Crippen LogP) is 1.79. The van der Waals surface area contributed by atoms with Crippen molar-refractivity contribution in [2.24, 2.45) is 0 Å². The van der Waals surface area contributed by atoms with Crippen LogP contribution in [0.15, 0.2) is 12.3 Å². The van der Waals surface area contributed by atoms with Gasteiger partial charge in [0.15, 0.2) is 0 Å². The van der Waals surface area contributed by atoms with Crippen LogP contribution in [0.25, 0.3) is 0 Å². The predicted molar refractivity (Wildman–Crippen MR) is 84.1 cm³/mol. The Morgan fingerprint density at radius 2 is 2.05 bits per heavy atom. The van der Waals surface area contributed by atoms with E-state index in [0.717, 1.165) is 38.3 Å². The van der Waals surface area contributed by atoms with E-state index in [1.165, 1.54) is 0 Å². The fourth-order valence-corrected chi connectivity index (χ4v) is 3.39. The molecule has 114 valence electrons. The van der Waals surface area contributed by atoms with E-state index in [2.05, 4.69) is 15.2 Å². The molecule has 0 aromatic carbocycles. The number of piperazine rings is 1. The van der Waals surface area contributed by atoms with Gasteiger partial charge in [0.1, 0.15) is 5.82 Å². The van der Waals surface area contributed by atoms with E-state index in [1.54, 1.807) is 12.3 Å². The van der Waals surface area contributed by atoms with E-state index in [-0.39, 0.29) is 11.9 Å². The lowest BCUT2D eigenvalue weighted by Gasteiger charge is -2.36. The molecule has 1 N–H and O–H groups in total. The number of carbonyl (C=O) groups excluding carboxylic acids is 1. The van der Waals surface area contributed by atoms with Crippen molar-refractivity contribution < 1.29 is 4.79 Å². The van der Waals surface area contributed by atoms with Crippen LogP contribution in [0.3, 0.4) is 0 Å². The molecule has 2 aliphatic rings. The number of pyridine rings is 1. The molecule has 5 nitrogen and oxygen atoms in total. The molecule has 2 fully saturated rings. The Morgan fingerprint density at radius 1 is 1.29 bits per heavy atom. The second kappa shape index (κ2) is 6.38. The Labute approximate surface area is 134 Å². The lowest BCUT2D eigenvalue weighted by Crippen LogP contribution is -2.53. The summed E-state index contributed by atoms with van der Waals surface area (Å²) in [4.78, 5) is 20.7. The highest BCUT2D eigenvalue weighted by atomic mass is 35.5. The number of anilines is 1. The van der Waals surface area contributed by atoms with Gasteiger partial charge in [0.05, 0.1) is 16.1 Å². The van der Waals surface area contributed by atoms with Crippen LogP contribution in [0, 0.1) is 0 Å². The third kappa shape index (κ3) is 3.25. The minimum Gasteiger partial charge on any atom is -0.352 e. The first-order valence-corrected chi connectivity index (χ1v) is 7.99. The zero-order valence-corrected chi connectivity index (χ0v) is 13.2. The van der Waals surface area contributed by atoms with Crippen LogP contribution in [0.5, 0.6) is 0 Å². The molecule has 0 bridgehead atoms. The molecule has 2 saturated heterocycles. The van der Waals surface area contributed by atoms with Crippen molar-refractivity contribution in [3.05, 3.63) is 22.3 Å². The SMILES string of the molecule is O=C([C@H]1CCCN1)N1CCN(c2ncc(Cl)cc2Cl)CC1. The second-order valence-corrected chi connectivity index (χ2v) is 6.26. The molecule has 21 heavy (non-hydrogen) atoms. The number of hydrogen-bond donors (Lipinski definition) is 1. The fourth-order valence-electron chi connectivity index (χ4n) is 2.89. The highest BCUT2D eigenvalue weighted by Crippen LogP contribution is 2.26. The Morgan fingerprint density at radius 3 is 2.67 bits per heavy atom. The van der Waals surface area contributed by atoms with Crippen molar-refractivity contribution in [1.29, 1.82) is 0 Å². The molecule has 0 saturated carbocycles. The van der Waals surface area contributed by atoms with Gasteiger partial charge >= 0.3 is 0 Å². The second-order valence-electron chi connectivity index (χ2n) is 5.42. The molecular weight excluding hydrogens is 311 g/mol. The van der Waals surface area contributed by atoms with E-state index >= 15 is 0 Å². The quantitative estimate of drug-likeness (QED) is 0.899. The molecule has 3 heterocycles. The standard InChI is InChI=1S/C14H18Cl2N4O/c15-10-8-11(16)13(18-9-10)19-4-6-20(7-5-19)14(21)12-2-1-3-17-12/h8-9,12,17H,1-7H2/t12-/m1/s1. The average Bonchev–Trinajstić information content (AvgIpc) is 3.01. The maximum atomic E-state index is 12.3. The molecule has 0 unspecified atom stereocenters. The molecule has 1 atom stereocenters. The summed E-state index contributed by atoms with van der Waals surface area (Å²) in [6.45, 7) is 3.84. The summed E-state index contributed by atoms with van der Waals surface area (Å²) < 4.78 is 0. The lowest BCUT2D eigenvalue weighted by atomic mass is 10.2. The van der Waals surface area contributed by atoms with E-state index in [1.807, 2.05) is 4.90 Å². The third-order valence-corrected chi connectivity index (χ3v) is 4.52. The smallest absolute Gasteiger partial charge is 0.239 e. The first-order valence-electron chi connectivity index (χ1n) is 7.23. The van der Waals surface area contributed by atoms with Gasteiger partial charge in [-0.3, -0.25) is 4.79 Å². The van der Waals surface area contributed by atoms with Crippen molar-refractivity contribution in [2.75, 3.05) is 37.6 Å². The van der Waals surface area contributed by atoms with Crippen LogP contribution >= 0.6 is 23.2 Å². The number of carbonyl (C=O) groups is 1. The van der Waals surface area contributed by atoms with E-state index in [9.17, 15) is 4.79 Å². The molecule has 2 aliphatic heterocycles. The maximum absolute atomic E-state index is 12.3. The number of hydrogen-bond acceptors (Lipinski definition) is 4. The van der Waals surface area contributed by atoms with E-state index in [4.69, 9.17) is 23.2 Å². The van der Waals surface area contributed by atoms with Crippen LogP contribution < -0.4 is 10.2 Å². The zero-order chi connectivity index (χ0) is 14.8. The molecule has 1 aromatic rings. The van der Waals surface area contributed by atoms with Crippen LogP contribution in [0.2, 0.25) is 10.0 Å². The third-order valence-electron chi connectivity index (χ3n) is 4.04. The van der Waals surface area contributed by atoms with Crippen molar-refractivity contribution >= 4 is 34.9 Å². The molecule has 3 rings (SSSR count). The molecular formula is C14H18Cl2N4O. The minimum atomic E-state index is 0.00814. The fraction of sp³-hybridized carbons (Fsp3) is 0.571. The van der Waals surface area contributed by atoms with Gasteiger partial charge in [0.25, 0.3) is 0 Å². The largest absolute Gasteiger partial charge is 0.352 e. The number of halogens is 2. The van der Waals surface area contributed by atoms with Crippen LogP contribution in [-0.2, 0) is 4.79 Å². The summed E-state index contributed by atoms with van der Waals surface area (Å²) in [5.74, 6) is 0.967. The number of nitrogens with zero attached hydrogens (tertiary/aromatic N) is 3. The molecule has 0 aliphatic carbocycles. The van der Waals surface area contributed by atoms with Gasteiger partial charge in [-0.1, -0.05) is 23.2 Å². The Bertz CT molecular complexity index is 526. The maximum Gasteiger partial charge on any atom is 0.239 e. The molecule has 1 aromatic heterocycles. The number of rotatable bonds is 2. The van der Waals surface area contributed by atoms with E-state index in [0.29, 0.717) is 23.1 Å². The Balaban J connectivity index is 1.60. The van der Waals surface area contributed by atoms with Crippen molar-refractivity contribution in [2.45, 2.75) is 18.9 Å². The van der Waals surface area contributed by atoms with Crippen molar-refractivity contribution in [1.82, 2.24) is 15.2 Å². The van der Waals surface area contributed by atoms with Gasteiger partial charge in [-0.2, -0.15) is 0 Å². The van der Waals surface area contributed by atoms with Gasteiger partial charge in [0, 0.05) is 32.4 Å². The highest BCUT2D eigenvalue weighted by molar-refractivity contribution is 6.36. The molecule has 7 heteroatoms. The Kier molecular flexibility index (Phi) is 4.52. The summed E-state index contributed by atoms with van der Waals surface area (Å²) in [6, 6.07) is 1.71. The summed E-state index contributed by atoms with van der Waals surface area (Å²) in [7, 11) is 0. The average molecular weight is 329 g/mol. The van der Waals surface area contributed by atoms with Gasteiger partial charge in [-0.05, 0) is 25.5 Å². The highest BCUT2D eigenvalue weighted by Gasteiger charge is 2.29. The van der Waals surface area contributed by atoms with Crippen molar-refractivity contribution in [3.63, 3.8) is 0 Å². The number of amides is 1. The van der Waals surface area contributed by atoms with Crippen LogP contribution in [0.4, 0.5) is 5.82 Å². The summed E-state index contributed by atoms with van der Waals surface area (Å²) in [6.07, 6.45) is 3.63. The van der Waals surface area contributed by atoms with Gasteiger partial charge < -0.3 is 15.1 Å². The number of aromatic nitrogens is 1. The summed E-state index contributed by atoms with van der Waals surface area (Å²) in [5, 5.41) is 4.35. The summed E-state index contributed by atoms with van der Waals surface area (Å²) >= 11 is 12.1. The molecule has 1 amide bonds. The van der Waals surface area contributed by atoms with Gasteiger partial charge in [0.2, 0.25) is 5.91 Å². The first kappa shape index (κ1) is 14.9. The van der Waals surface area contributed by atoms with Crippen LogP contribution in [-0.4, -0.2) is 54.6 Å². The van der Waals surface area contributed by atoms with Crippen molar-refractivity contribution in [3.8, 4) is 0 Å². The Hall–Kier alpha value is -1.04. The zero-order valence-electron chi connectivity index (χ0n) is 11.7. The molecule has 0 radical (unpaired) electrons. The summed E-state index contributed by atoms with van der Waals surface area (Å²) in [5.41, 5.74) is 0. The van der Waals surface area contributed by atoms with Crippen LogP contribution in [0.1, 0.15) is 12.8 Å². The number of nitrogens with one attached hydrogen (secondary N) is 1. The first-order chi connectivity index (χ1) is 10.1. The minimum absolute atomic E-state index is 0.00814.